The standard InChI is InChI=1S/C36H71NO6/c1-4-6-8-10-12-14-16-18-20-22-24-26-35(40)42-32-34(30-37(3)33(31-39)28-29-38)43-36(41)27-25-23-21-19-17-15-13-11-9-7-5-2/h33-34,38-39H,4-32H2,1-3H3. The van der Waals surface area contributed by atoms with E-state index >= 15 is 0 Å². The van der Waals surface area contributed by atoms with Crippen LogP contribution in [-0.2, 0) is 19.1 Å². The van der Waals surface area contributed by atoms with E-state index in [2.05, 4.69) is 13.8 Å². The van der Waals surface area contributed by atoms with Crippen molar-refractivity contribution in [3.63, 3.8) is 0 Å². The molecule has 0 amide bonds. The van der Waals surface area contributed by atoms with Crippen molar-refractivity contribution in [2.45, 2.75) is 187 Å². The highest BCUT2D eigenvalue weighted by Gasteiger charge is 2.22. The van der Waals surface area contributed by atoms with Crippen molar-refractivity contribution in [1.82, 2.24) is 4.90 Å². The van der Waals surface area contributed by atoms with Crippen LogP contribution < -0.4 is 0 Å². The second-order valence-electron chi connectivity index (χ2n) is 12.7. The summed E-state index contributed by atoms with van der Waals surface area (Å²) >= 11 is 0. The van der Waals surface area contributed by atoms with E-state index in [1.807, 2.05) is 11.9 Å². The zero-order valence-corrected chi connectivity index (χ0v) is 28.6. The fourth-order valence-electron chi connectivity index (χ4n) is 5.56. The van der Waals surface area contributed by atoms with E-state index in [0.29, 0.717) is 25.8 Å². The van der Waals surface area contributed by atoms with Crippen LogP contribution in [0, 0.1) is 0 Å². The van der Waals surface area contributed by atoms with Crippen LogP contribution >= 0.6 is 0 Å². The molecule has 2 atom stereocenters. The van der Waals surface area contributed by atoms with Crippen LogP contribution in [0.5, 0.6) is 0 Å². The number of ether oxygens (including phenoxy) is 2. The SMILES string of the molecule is CCCCCCCCCCCCCC(=O)OCC(CN(C)C(CO)CCO)OC(=O)CCCCCCCCCCCCC. The summed E-state index contributed by atoms with van der Waals surface area (Å²) in [6.45, 7) is 4.71. The molecule has 2 N–H and O–H groups in total. The van der Waals surface area contributed by atoms with Crippen LogP contribution in [0.2, 0.25) is 0 Å². The quantitative estimate of drug-likeness (QED) is 0.0566. The molecule has 0 aliphatic rings. The van der Waals surface area contributed by atoms with Crippen molar-refractivity contribution < 1.29 is 29.3 Å². The topological polar surface area (TPSA) is 96.3 Å². The van der Waals surface area contributed by atoms with E-state index in [-0.39, 0.29) is 37.8 Å². The Labute approximate surface area is 265 Å². The van der Waals surface area contributed by atoms with Crippen molar-refractivity contribution in [1.29, 1.82) is 0 Å². The highest BCUT2D eigenvalue weighted by atomic mass is 16.6. The number of nitrogens with zero attached hydrogens (tertiary/aromatic N) is 1. The Morgan fingerprint density at radius 3 is 1.40 bits per heavy atom. The Morgan fingerprint density at radius 1 is 0.605 bits per heavy atom. The summed E-state index contributed by atoms with van der Waals surface area (Å²) in [5.74, 6) is -0.516. The van der Waals surface area contributed by atoms with Gasteiger partial charge in [0.25, 0.3) is 0 Å². The number of hydrogen-bond acceptors (Lipinski definition) is 7. The minimum absolute atomic E-state index is 0.0163. The third-order valence-corrected chi connectivity index (χ3v) is 8.49. The molecule has 0 aromatic rings. The van der Waals surface area contributed by atoms with Crippen molar-refractivity contribution in [3.05, 3.63) is 0 Å². The monoisotopic (exact) mass is 614 g/mol. The van der Waals surface area contributed by atoms with Gasteiger partial charge in [-0.05, 0) is 26.3 Å². The molecule has 0 radical (unpaired) electrons. The Hall–Kier alpha value is -1.18. The lowest BCUT2D eigenvalue weighted by atomic mass is 10.1. The van der Waals surface area contributed by atoms with Crippen molar-refractivity contribution in [2.24, 2.45) is 0 Å². The maximum Gasteiger partial charge on any atom is 0.306 e. The van der Waals surface area contributed by atoms with Gasteiger partial charge in [0.05, 0.1) is 6.61 Å². The fourth-order valence-corrected chi connectivity index (χ4v) is 5.56. The molecular formula is C36H71NO6. The highest BCUT2D eigenvalue weighted by Crippen LogP contribution is 2.14. The molecule has 256 valence electrons. The molecule has 0 rings (SSSR count). The molecule has 0 heterocycles. The van der Waals surface area contributed by atoms with Crippen LogP contribution in [0.3, 0.4) is 0 Å². The van der Waals surface area contributed by atoms with Crippen LogP contribution in [0.15, 0.2) is 0 Å². The molecule has 0 saturated heterocycles. The summed E-state index contributed by atoms with van der Waals surface area (Å²) in [6, 6.07) is -0.245. The summed E-state index contributed by atoms with van der Waals surface area (Å²) in [4.78, 5) is 26.9. The second-order valence-corrected chi connectivity index (χ2v) is 12.7. The third kappa shape index (κ3) is 28.1. The molecule has 0 aliphatic heterocycles. The number of carbonyl (C=O) groups is 2. The number of rotatable bonds is 33. The first-order valence-electron chi connectivity index (χ1n) is 18.2. The van der Waals surface area contributed by atoms with Crippen molar-refractivity contribution >= 4 is 11.9 Å². The van der Waals surface area contributed by atoms with Gasteiger partial charge >= 0.3 is 11.9 Å². The number of aliphatic hydroxyl groups excluding tert-OH is 2. The normalized spacial score (nSPS) is 12.9. The minimum atomic E-state index is -0.598. The zero-order chi connectivity index (χ0) is 31.8. The lowest BCUT2D eigenvalue weighted by Gasteiger charge is -2.29. The Morgan fingerprint density at radius 2 is 1.00 bits per heavy atom. The first-order valence-corrected chi connectivity index (χ1v) is 18.2. The van der Waals surface area contributed by atoms with E-state index in [4.69, 9.17) is 9.47 Å². The third-order valence-electron chi connectivity index (χ3n) is 8.49. The van der Waals surface area contributed by atoms with Crippen molar-refractivity contribution in [2.75, 3.05) is 33.4 Å². The molecule has 7 heteroatoms. The van der Waals surface area contributed by atoms with Gasteiger partial charge in [0, 0.05) is 32.0 Å². The van der Waals surface area contributed by atoms with Gasteiger partial charge in [-0.3, -0.25) is 14.5 Å². The first kappa shape index (κ1) is 41.8. The summed E-state index contributed by atoms with van der Waals surface area (Å²) in [7, 11) is 1.83. The number of hydrogen-bond donors (Lipinski definition) is 2. The molecule has 0 fully saturated rings. The van der Waals surface area contributed by atoms with E-state index in [1.165, 1.54) is 103 Å². The molecule has 0 saturated carbocycles. The van der Waals surface area contributed by atoms with Gasteiger partial charge in [-0.1, -0.05) is 142 Å². The fraction of sp³-hybridized carbons (Fsp3) is 0.944. The van der Waals surface area contributed by atoms with Crippen LogP contribution in [0.4, 0.5) is 0 Å². The van der Waals surface area contributed by atoms with Crippen molar-refractivity contribution in [3.8, 4) is 0 Å². The second kappa shape index (κ2) is 32.2. The minimum Gasteiger partial charge on any atom is -0.462 e. The number of esters is 2. The lowest BCUT2D eigenvalue weighted by Crippen LogP contribution is -2.43. The Kier molecular flexibility index (Phi) is 31.3. The maximum absolute atomic E-state index is 12.6. The summed E-state index contributed by atoms with van der Waals surface area (Å²) in [5, 5.41) is 19.0. The zero-order valence-electron chi connectivity index (χ0n) is 28.6. The summed E-state index contributed by atoms with van der Waals surface area (Å²) in [6.07, 6.45) is 27.5. The van der Waals surface area contributed by atoms with Gasteiger partial charge in [-0.25, -0.2) is 0 Å². The maximum atomic E-state index is 12.6. The Bertz CT molecular complexity index is 617. The first-order chi connectivity index (χ1) is 21.0. The average Bonchev–Trinajstić information content (AvgIpc) is 3.00. The van der Waals surface area contributed by atoms with E-state index < -0.39 is 6.10 Å². The number of likely N-dealkylation sites (N-methyl/N-ethyl adjacent to an activating group) is 1. The molecule has 0 aromatic heterocycles. The number of aliphatic hydroxyl groups is 2. The van der Waals surface area contributed by atoms with Gasteiger partial charge in [0.15, 0.2) is 0 Å². The van der Waals surface area contributed by atoms with Crippen LogP contribution in [0.1, 0.15) is 174 Å². The Balaban J connectivity index is 4.29. The molecule has 0 spiro atoms. The van der Waals surface area contributed by atoms with E-state index in [1.54, 1.807) is 0 Å². The molecule has 2 unspecified atom stereocenters. The van der Waals surface area contributed by atoms with Gasteiger partial charge in [0.2, 0.25) is 0 Å². The average molecular weight is 614 g/mol. The molecule has 7 nitrogen and oxygen atoms in total. The number of unbranched alkanes of at least 4 members (excludes halogenated alkanes) is 20. The van der Waals surface area contributed by atoms with Crippen LogP contribution in [-0.4, -0.2) is 72.6 Å². The van der Waals surface area contributed by atoms with E-state index in [0.717, 1.165) is 38.5 Å². The molecular weight excluding hydrogens is 542 g/mol. The van der Waals surface area contributed by atoms with Gasteiger partial charge < -0.3 is 19.7 Å². The molecule has 0 aliphatic carbocycles. The molecule has 43 heavy (non-hydrogen) atoms. The van der Waals surface area contributed by atoms with Crippen LogP contribution in [0.25, 0.3) is 0 Å². The summed E-state index contributed by atoms with van der Waals surface area (Å²) in [5.41, 5.74) is 0. The molecule has 0 bridgehead atoms. The van der Waals surface area contributed by atoms with Gasteiger partial charge in [-0.15, -0.1) is 0 Å². The predicted molar refractivity (Wildman–Crippen MR) is 178 cm³/mol. The smallest absolute Gasteiger partial charge is 0.306 e. The number of carbonyl (C=O) groups excluding carboxylic acids is 2. The lowest BCUT2D eigenvalue weighted by molar-refractivity contribution is -0.160. The predicted octanol–water partition coefficient (Wildman–Crippen LogP) is 8.52. The summed E-state index contributed by atoms with van der Waals surface area (Å²) < 4.78 is 11.3. The largest absolute Gasteiger partial charge is 0.462 e. The van der Waals surface area contributed by atoms with E-state index in [9.17, 15) is 19.8 Å². The van der Waals surface area contributed by atoms with Gasteiger partial charge in [0.1, 0.15) is 12.7 Å². The highest BCUT2D eigenvalue weighted by molar-refractivity contribution is 5.70. The van der Waals surface area contributed by atoms with Gasteiger partial charge in [-0.2, -0.15) is 0 Å². The molecule has 0 aromatic carbocycles.